The molecular weight excluding hydrogens is 628 g/mol. The van der Waals surface area contributed by atoms with Crippen molar-refractivity contribution in [2.24, 2.45) is 0 Å². The number of nitrogens with zero attached hydrogens (tertiary/aromatic N) is 6. The topological polar surface area (TPSA) is 149 Å². The number of aromatic nitrogens is 6. The number of hydrogen-bond donors (Lipinski definition) is 3. The van der Waals surface area contributed by atoms with Gasteiger partial charge in [-0.1, -0.05) is 0 Å². The summed E-state index contributed by atoms with van der Waals surface area (Å²) in [5.41, 5.74) is 3.46. The molecular formula is C32H29F2N9O3S. The summed E-state index contributed by atoms with van der Waals surface area (Å²) >= 11 is 0. The highest BCUT2D eigenvalue weighted by Crippen LogP contribution is 2.38. The highest BCUT2D eigenvalue weighted by atomic mass is 32.2. The molecule has 4 aromatic heterocycles. The Hall–Kier alpha value is -5.70. The number of anilines is 5. The fourth-order valence-electron chi connectivity index (χ4n) is 4.83. The van der Waals surface area contributed by atoms with E-state index >= 15 is 8.78 Å². The molecule has 4 heterocycles. The Balaban J connectivity index is 1.54. The van der Waals surface area contributed by atoms with Crippen molar-refractivity contribution in [1.29, 1.82) is 0 Å². The maximum atomic E-state index is 15.3. The number of pyridine rings is 2. The van der Waals surface area contributed by atoms with Crippen LogP contribution in [0.25, 0.3) is 22.4 Å². The van der Waals surface area contributed by atoms with E-state index in [0.717, 1.165) is 23.5 Å². The summed E-state index contributed by atoms with van der Waals surface area (Å²) in [6.07, 6.45) is 9.25. The maximum absolute atomic E-state index is 15.3. The highest BCUT2D eigenvalue weighted by Gasteiger charge is 2.22. The molecule has 0 amide bonds. The van der Waals surface area contributed by atoms with Gasteiger partial charge in [0.15, 0.2) is 5.82 Å². The van der Waals surface area contributed by atoms with Crippen LogP contribution < -0.4 is 20.1 Å². The lowest BCUT2D eigenvalue weighted by molar-refractivity contribution is 0.335. The Bertz CT molecular complexity index is 2110. The van der Waals surface area contributed by atoms with Crippen LogP contribution in [0.2, 0.25) is 0 Å². The summed E-state index contributed by atoms with van der Waals surface area (Å²) in [6.45, 7) is 3.22. The lowest BCUT2D eigenvalue weighted by Gasteiger charge is -2.14. The third-order valence-corrected chi connectivity index (χ3v) is 8.34. The zero-order valence-corrected chi connectivity index (χ0v) is 26.1. The first-order valence-corrected chi connectivity index (χ1v) is 16.2. The average Bonchev–Trinajstić information content (AvgIpc) is 3.42. The molecule has 0 saturated carbocycles. The molecule has 2 aromatic carbocycles. The summed E-state index contributed by atoms with van der Waals surface area (Å²) in [6, 6.07) is 13.1. The van der Waals surface area contributed by atoms with Crippen molar-refractivity contribution in [3.63, 3.8) is 0 Å². The van der Waals surface area contributed by atoms with E-state index in [2.05, 4.69) is 35.3 Å². The van der Waals surface area contributed by atoms with Crippen LogP contribution in [0.5, 0.6) is 5.75 Å². The van der Waals surface area contributed by atoms with Crippen LogP contribution in [0.15, 0.2) is 85.7 Å². The Labute approximate surface area is 269 Å². The Morgan fingerprint density at radius 2 is 1.43 bits per heavy atom. The van der Waals surface area contributed by atoms with Gasteiger partial charge in [-0.15, -0.1) is 0 Å². The number of fused-ring (bicyclic) bond motifs is 1. The van der Waals surface area contributed by atoms with E-state index in [9.17, 15) is 8.42 Å². The fourth-order valence-corrected chi connectivity index (χ4v) is 5.44. The first kappa shape index (κ1) is 31.3. The zero-order chi connectivity index (χ0) is 33.0. The number of halogens is 2. The molecule has 0 aliphatic rings. The van der Waals surface area contributed by atoms with E-state index < -0.39 is 21.7 Å². The number of sulfonamides is 1. The minimum atomic E-state index is -3.56. The second-order valence-electron chi connectivity index (χ2n) is 10.2. The molecule has 0 unspecified atom stereocenters. The van der Waals surface area contributed by atoms with Crippen LogP contribution in [-0.4, -0.2) is 50.5 Å². The van der Waals surface area contributed by atoms with Gasteiger partial charge in [-0.05, 0) is 50.2 Å². The van der Waals surface area contributed by atoms with Crippen molar-refractivity contribution in [2.45, 2.75) is 20.4 Å². The molecule has 6 rings (SSSR count). The molecule has 0 atom stereocenters. The smallest absolute Gasteiger partial charge is 0.232 e. The number of hydrogen-bond acceptors (Lipinski definition) is 10. The molecule has 0 fully saturated rings. The summed E-state index contributed by atoms with van der Waals surface area (Å²) in [5.74, 6) is -1.46. The van der Waals surface area contributed by atoms with E-state index in [0.29, 0.717) is 28.0 Å². The van der Waals surface area contributed by atoms with Crippen molar-refractivity contribution in [1.82, 2.24) is 29.7 Å². The van der Waals surface area contributed by atoms with E-state index in [1.54, 1.807) is 62.0 Å². The molecule has 0 radical (unpaired) electrons. The van der Waals surface area contributed by atoms with Crippen LogP contribution in [0.4, 0.5) is 37.2 Å². The second-order valence-corrected chi connectivity index (χ2v) is 12.3. The molecule has 3 N–H and O–H groups in total. The Morgan fingerprint density at radius 3 is 2.02 bits per heavy atom. The standard InChI is InChI=1S/C32H29F2N9O3S/c1-3-46-24-15-26(33)25(27(34)16-24)19-43-29-14-22(39-20-5-9-35-10-6-20)13-28(40-21-7-11-36-12-8-21)30(29)31(41-43)32-37-17-23(18-38-32)42-47(44,45)4-2/h5-18,42H,3-4,19H2,1-2H3,(H,35,39)(H,36,40). The van der Waals surface area contributed by atoms with Crippen LogP contribution in [0, 0.1) is 11.6 Å². The van der Waals surface area contributed by atoms with E-state index in [-0.39, 0.29) is 41.7 Å². The van der Waals surface area contributed by atoms with Crippen molar-refractivity contribution in [2.75, 3.05) is 27.7 Å². The Kier molecular flexibility index (Phi) is 8.88. The second kappa shape index (κ2) is 13.3. The van der Waals surface area contributed by atoms with Gasteiger partial charge >= 0.3 is 0 Å². The maximum Gasteiger partial charge on any atom is 0.232 e. The first-order chi connectivity index (χ1) is 22.7. The van der Waals surface area contributed by atoms with Crippen molar-refractivity contribution >= 4 is 49.4 Å². The minimum Gasteiger partial charge on any atom is -0.494 e. The molecule has 12 nitrogen and oxygen atoms in total. The van der Waals surface area contributed by atoms with Crippen LogP contribution >= 0.6 is 0 Å². The van der Waals surface area contributed by atoms with Gasteiger partial charge in [0, 0.05) is 59.5 Å². The SMILES string of the molecule is CCOc1cc(F)c(Cn2nc(-c3ncc(NS(=O)(=O)CC)cn3)c3c(Nc4ccncc4)cc(Nc4ccncc4)cc32)c(F)c1. The normalized spacial score (nSPS) is 11.4. The van der Waals surface area contributed by atoms with Gasteiger partial charge in [-0.3, -0.25) is 19.4 Å². The number of ether oxygens (including phenoxy) is 1. The van der Waals surface area contributed by atoms with Crippen molar-refractivity contribution in [3.05, 3.63) is 103 Å². The van der Waals surface area contributed by atoms with Gasteiger partial charge in [-0.25, -0.2) is 27.2 Å². The third-order valence-electron chi connectivity index (χ3n) is 7.03. The van der Waals surface area contributed by atoms with Gasteiger partial charge < -0.3 is 15.4 Å². The molecule has 0 aliphatic carbocycles. The molecule has 15 heteroatoms. The summed E-state index contributed by atoms with van der Waals surface area (Å²) < 4.78 is 64.0. The van der Waals surface area contributed by atoms with E-state index in [1.165, 1.54) is 24.0 Å². The largest absolute Gasteiger partial charge is 0.494 e. The van der Waals surface area contributed by atoms with Crippen LogP contribution in [0.1, 0.15) is 19.4 Å². The highest BCUT2D eigenvalue weighted by molar-refractivity contribution is 7.92. The Morgan fingerprint density at radius 1 is 0.809 bits per heavy atom. The number of rotatable bonds is 12. The fraction of sp³-hybridized carbons (Fsp3) is 0.156. The average molecular weight is 658 g/mol. The monoisotopic (exact) mass is 657 g/mol. The zero-order valence-electron chi connectivity index (χ0n) is 25.3. The predicted molar refractivity (Wildman–Crippen MR) is 176 cm³/mol. The van der Waals surface area contributed by atoms with Crippen LogP contribution in [-0.2, 0) is 16.6 Å². The summed E-state index contributed by atoms with van der Waals surface area (Å²) in [4.78, 5) is 17.0. The lowest BCUT2D eigenvalue weighted by atomic mass is 10.1. The van der Waals surface area contributed by atoms with Gasteiger partial charge in [0.2, 0.25) is 10.0 Å². The third kappa shape index (κ3) is 7.09. The molecule has 0 aliphatic heterocycles. The molecule has 0 bridgehead atoms. The van der Waals surface area contributed by atoms with Gasteiger partial charge in [0.25, 0.3) is 0 Å². The summed E-state index contributed by atoms with van der Waals surface area (Å²) in [7, 11) is -3.56. The lowest BCUT2D eigenvalue weighted by Crippen LogP contribution is -2.15. The molecule has 0 saturated heterocycles. The van der Waals surface area contributed by atoms with Crippen molar-refractivity contribution in [3.8, 4) is 17.3 Å². The van der Waals surface area contributed by atoms with Gasteiger partial charge in [0.1, 0.15) is 23.1 Å². The first-order valence-electron chi connectivity index (χ1n) is 14.5. The number of nitrogens with one attached hydrogen (secondary N) is 3. The summed E-state index contributed by atoms with van der Waals surface area (Å²) in [5, 5.41) is 12.1. The number of benzene rings is 2. The van der Waals surface area contributed by atoms with Crippen molar-refractivity contribution < 1.29 is 21.9 Å². The molecule has 240 valence electrons. The quantitative estimate of drug-likeness (QED) is 0.138. The molecule has 0 spiro atoms. The minimum absolute atomic E-state index is 0.0807. The predicted octanol–water partition coefficient (Wildman–Crippen LogP) is 6.26. The molecule has 47 heavy (non-hydrogen) atoms. The van der Waals surface area contributed by atoms with E-state index in [4.69, 9.17) is 9.84 Å². The molecule has 6 aromatic rings. The van der Waals surface area contributed by atoms with Gasteiger partial charge in [0.05, 0.1) is 53.6 Å². The van der Waals surface area contributed by atoms with E-state index in [1.807, 2.05) is 6.07 Å². The van der Waals surface area contributed by atoms with Gasteiger partial charge in [-0.2, -0.15) is 5.10 Å². The van der Waals surface area contributed by atoms with Crippen LogP contribution in [0.3, 0.4) is 0 Å².